The fourth-order valence-electron chi connectivity index (χ4n) is 2.13. The first kappa shape index (κ1) is 16.7. The average Bonchev–Trinajstić information content (AvgIpc) is 3.10. The molecule has 0 aliphatic rings. The van der Waals surface area contributed by atoms with Crippen LogP contribution in [-0.2, 0) is 0 Å². The van der Waals surface area contributed by atoms with E-state index in [1.54, 1.807) is 30.3 Å². The Hall–Kier alpha value is -3.19. The Morgan fingerprint density at radius 1 is 1.20 bits per heavy atom. The number of rotatable bonds is 6. The molecule has 0 aliphatic carbocycles. The Morgan fingerprint density at radius 2 is 1.92 bits per heavy atom. The summed E-state index contributed by atoms with van der Waals surface area (Å²) in [5, 5.41) is 19.7. The zero-order valence-electron chi connectivity index (χ0n) is 12.9. The summed E-state index contributed by atoms with van der Waals surface area (Å²) in [5.41, 5.74) is 0.682. The van der Waals surface area contributed by atoms with Crippen LogP contribution in [0.4, 0.5) is 5.69 Å². The van der Waals surface area contributed by atoms with Gasteiger partial charge in [-0.3, -0.25) is 10.1 Å². The lowest BCUT2D eigenvalue weighted by Crippen LogP contribution is -1.96. The summed E-state index contributed by atoms with van der Waals surface area (Å²) in [5.74, 6) is 0.700. The Kier molecular flexibility index (Phi) is 4.76. The molecule has 0 radical (unpaired) electrons. The summed E-state index contributed by atoms with van der Waals surface area (Å²) in [7, 11) is 0. The Bertz CT molecular complexity index is 922. The maximum Gasteiger partial charge on any atom is 0.282 e. The molecule has 1 aromatic heterocycles. The van der Waals surface area contributed by atoms with Crippen molar-refractivity contribution in [2.45, 2.75) is 0 Å². The Labute approximate surface area is 147 Å². The first-order chi connectivity index (χ1) is 12.1. The highest BCUT2D eigenvalue weighted by atomic mass is 35.5. The largest absolute Gasteiger partial charge is 0.490 e. The lowest BCUT2D eigenvalue weighted by Gasteiger charge is -2.05. The van der Waals surface area contributed by atoms with E-state index in [1.807, 2.05) is 0 Å². The smallest absolute Gasteiger partial charge is 0.282 e. The van der Waals surface area contributed by atoms with Crippen molar-refractivity contribution in [2.75, 3.05) is 6.61 Å². The van der Waals surface area contributed by atoms with Crippen molar-refractivity contribution in [3.63, 3.8) is 0 Å². The summed E-state index contributed by atoms with van der Waals surface area (Å²) in [6.07, 6.45) is 1.58. The zero-order valence-corrected chi connectivity index (χ0v) is 13.6. The first-order valence-corrected chi connectivity index (χ1v) is 7.58. The van der Waals surface area contributed by atoms with E-state index in [2.05, 4.69) is 16.8 Å². The number of benzene rings is 2. The number of nitrogens with zero attached hydrogens (tertiary/aromatic N) is 3. The van der Waals surface area contributed by atoms with Crippen molar-refractivity contribution in [1.82, 2.24) is 10.2 Å². The monoisotopic (exact) mass is 357 g/mol. The fourth-order valence-corrected chi connectivity index (χ4v) is 2.26. The predicted molar refractivity (Wildman–Crippen MR) is 92.5 cm³/mol. The van der Waals surface area contributed by atoms with Crippen LogP contribution in [0.2, 0.25) is 5.02 Å². The molecule has 0 saturated heterocycles. The SMILES string of the molecule is C=CCOc1ccc([N+](=O)[O-])c(-c2nnc(-c3ccc(Cl)cc3)o2)c1. The molecular weight excluding hydrogens is 346 g/mol. The van der Waals surface area contributed by atoms with E-state index in [9.17, 15) is 10.1 Å². The molecule has 7 nitrogen and oxygen atoms in total. The van der Waals surface area contributed by atoms with Gasteiger partial charge in [-0.25, -0.2) is 0 Å². The molecule has 0 unspecified atom stereocenters. The molecule has 0 atom stereocenters. The van der Waals surface area contributed by atoms with Gasteiger partial charge >= 0.3 is 0 Å². The van der Waals surface area contributed by atoms with Gasteiger partial charge in [-0.05, 0) is 36.4 Å². The number of nitro benzene ring substituents is 1. The van der Waals surface area contributed by atoms with Crippen LogP contribution in [0.25, 0.3) is 22.9 Å². The summed E-state index contributed by atoms with van der Waals surface area (Å²) in [4.78, 5) is 10.8. The molecule has 0 spiro atoms. The second kappa shape index (κ2) is 7.14. The molecule has 0 N–H and O–H groups in total. The van der Waals surface area contributed by atoms with Gasteiger partial charge in [0, 0.05) is 16.7 Å². The molecule has 3 rings (SSSR count). The number of nitro groups is 1. The molecule has 2 aromatic carbocycles. The van der Waals surface area contributed by atoms with Crippen molar-refractivity contribution >= 4 is 17.3 Å². The molecule has 0 fully saturated rings. The maximum atomic E-state index is 11.3. The Morgan fingerprint density at radius 3 is 2.60 bits per heavy atom. The van der Waals surface area contributed by atoms with E-state index in [4.69, 9.17) is 20.8 Å². The van der Waals surface area contributed by atoms with Crippen molar-refractivity contribution in [3.8, 4) is 28.7 Å². The minimum atomic E-state index is -0.515. The third kappa shape index (κ3) is 3.67. The topological polar surface area (TPSA) is 91.3 Å². The van der Waals surface area contributed by atoms with E-state index >= 15 is 0 Å². The van der Waals surface area contributed by atoms with Gasteiger partial charge < -0.3 is 9.15 Å². The standard InChI is InChI=1S/C17H12ClN3O4/c1-2-9-24-13-7-8-15(21(22)23)14(10-13)17-20-19-16(25-17)11-3-5-12(18)6-4-11/h2-8,10H,1,9H2. The second-order valence-corrected chi connectivity index (χ2v) is 5.39. The van der Waals surface area contributed by atoms with Gasteiger partial charge in [0.15, 0.2) is 0 Å². The zero-order chi connectivity index (χ0) is 17.8. The van der Waals surface area contributed by atoms with Crippen LogP contribution in [0.15, 0.2) is 59.5 Å². The summed E-state index contributed by atoms with van der Waals surface area (Å²) < 4.78 is 11.0. The fraction of sp³-hybridized carbons (Fsp3) is 0.0588. The molecule has 1 heterocycles. The van der Waals surface area contributed by atoms with Crippen LogP contribution in [0.3, 0.4) is 0 Å². The third-order valence-electron chi connectivity index (χ3n) is 3.28. The molecule has 0 saturated carbocycles. The van der Waals surface area contributed by atoms with Crippen LogP contribution >= 0.6 is 11.6 Å². The molecule has 25 heavy (non-hydrogen) atoms. The highest BCUT2D eigenvalue weighted by molar-refractivity contribution is 6.30. The normalized spacial score (nSPS) is 10.4. The molecule has 0 aliphatic heterocycles. The third-order valence-corrected chi connectivity index (χ3v) is 3.53. The minimum absolute atomic E-state index is 0.0284. The maximum absolute atomic E-state index is 11.3. The van der Waals surface area contributed by atoms with Crippen molar-refractivity contribution in [3.05, 3.63) is 70.3 Å². The van der Waals surface area contributed by atoms with Gasteiger partial charge in [0.05, 0.1) is 4.92 Å². The quantitative estimate of drug-likeness (QED) is 0.365. The highest BCUT2D eigenvalue weighted by Crippen LogP contribution is 2.34. The van der Waals surface area contributed by atoms with Crippen LogP contribution < -0.4 is 4.74 Å². The lowest BCUT2D eigenvalue weighted by atomic mass is 10.1. The van der Waals surface area contributed by atoms with Crippen molar-refractivity contribution < 1.29 is 14.1 Å². The van der Waals surface area contributed by atoms with Crippen molar-refractivity contribution in [2.24, 2.45) is 0 Å². The molecule has 0 amide bonds. The number of hydrogen-bond donors (Lipinski definition) is 0. The van der Waals surface area contributed by atoms with Gasteiger partial charge in [0.2, 0.25) is 5.89 Å². The van der Waals surface area contributed by atoms with Crippen LogP contribution in [-0.4, -0.2) is 21.7 Å². The molecule has 126 valence electrons. The summed E-state index contributed by atoms with van der Waals surface area (Å²) in [6, 6.07) is 11.1. The lowest BCUT2D eigenvalue weighted by molar-refractivity contribution is -0.384. The van der Waals surface area contributed by atoms with Gasteiger partial charge in [-0.1, -0.05) is 24.3 Å². The van der Waals surface area contributed by atoms with Crippen molar-refractivity contribution in [1.29, 1.82) is 0 Å². The molecule has 8 heteroatoms. The van der Waals surface area contributed by atoms with E-state index in [-0.39, 0.29) is 29.6 Å². The number of hydrogen-bond acceptors (Lipinski definition) is 6. The minimum Gasteiger partial charge on any atom is -0.490 e. The molecule has 3 aromatic rings. The van der Waals surface area contributed by atoms with Gasteiger partial charge in [-0.2, -0.15) is 0 Å². The van der Waals surface area contributed by atoms with Gasteiger partial charge in [-0.15, -0.1) is 10.2 Å². The van der Waals surface area contributed by atoms with E-state index < -0.39 is 4.92 Å². The highest BCUT2D eigenvalue weighted by Gasteiger charge is 2.22. The molecular formula is C17H12ClN3O4. The number of ether oxygens (including phenoxy) is 1. The van der Waals surface area contributed by atoms with E-state index in [0.29, 0.717) is 16.3 Å². The van der Waals surface area contributed by atoms with Crippen LogP contribution in [0.5, 0.6) is 5.75 Å². The van der Waals surface area contributed by atoms with Gasteiger partial charge in [0.25, 0.3) is 11.6 Å². The summed E-state index contributed by atoms with van der Waals surface area (Å²) in [6.45, 7) is 3.84. The molecule has 0 bridgehead atoms. The van der Waals surface area contributed by atoms with E-state index in [0.717, 1.165) is 0 Å². The average molecular weight is 358 g/mol. The number of halogens is 1. The van der Waals surface area contributed by atoms with E-state index in [1.165, 1.54) is 18.2 Å². The van der Waals surface area contributed by atoms with Crippen LogP contribution in [0, 0.1) is 10.1 Å². The second-order valence-electron chi connectivity index (χ2n) is 4.96. The Balaban J connectivity index is 2.01. The number of aromatic nitrogens is 2. The van der Waals surface area contributed by atoms with Gasteiger partial charge in [0.1, 0.15) is 17.9 Å². The first-order valence-electron chi connectivity index (χ1n) is 7.20. The van der Waals surface area contributed by atoms with Crippen LogP contribution in [0.1, 0.15) is 0 Å². The predicted octanol–water partition coefficient (Wildman–Crippen LogP) is 4.53. The summed E-state index contributed by atoms with van der Waals surface area (Å²) >= 11 is 5.85.